The lowest BCUT2D eigenvalue weighted by Gasteiger charge is -2.29. The Morgan fingerprint density at radius 2 is 1.77 bits per heavy atom. The van der Waals surface area contributed by atoms with Gasteiger partial charge in [0.05, 0.1) is 23.8 Å². The van der Waals surface area contributed by atoms with Crippen molar-refractivity contribution in [3.8, 4) is 0 Å². The van der Waals surface area contributed by atoms with Gasteiger partial charge in [0.1, 0.15) is 0 Å². The molecule has 0 unspecified atom stereocenters. The van der Waals surface area contributed by atoms with Crippen LogP contribution in [0.25, 0.3) is 11.4 Å². The van der Waals surface area contributed by atoms with Crippen LogP contribution in [0.5, 0.6) is 0 Å². The van der Waals surface area contributed by atoms with Crippen molar-refractivity contribution in [3.63, 3.8) is 0 Å². The number of para-hydroxylation sites is 1. The summed E-state index contributed by atoms with van der Waals surface area (Å²) in [6.45, 7) is 5.00. The maximum atomic E-state index is 6.47. The molecule has 22 heavy (non-hydrogen) atoms. The smallest absolute Gasteiger partial charge is 0.0684 e. The van der Waals surface area contributed by atoms with Gasteiger partial charge < -0.3 is 21.7 Å². The van der Waals surface area contributed by atoms with Crippen LogP contribution in [0, 0.1) is 0 Å². The van der Waals surface area contributed by atoms with Gasteiger partial charge in [-0.05, 0) is 17.8 Å². The van der Waals surface area contributed by atoms with E-state index < -0.39 is 0 Å². The molecule has 1 aliphatic heterocycles. The molecule has 0 amide bonds. The quantitative estimate of drug-likeness (QED) is 0.760. The number of nitrogens with two attached hydrogens (primary N) is 2. The molecule has 1 heterocycles. The van der Waals surface area contributed by atoms with Crippen LogP contribution in [0.1, 0.15) is 16.7 Å². The molecule has 2 aromatic rings. The molecule has 0 saturated carbocycles. The van der Waals surface area contributed by atoms with Crippen molar-refractivity contribution in [2.24, 2.45) is 11.5 Å². The standard InChI is InChI=1S/C18H20N4/c1-2-22-11-13-7-3-4-8-14(13)17(20)18(21-12-19)15-9-5-6-10-16(15)22/h2-10,21H,1,11-12,19-20H2/b18-17-. The van der Waals surface area contributed by atoms with E-state index in [0.717, 1.165) is 40.3 Å². The molecule has 3 rings (SSSR count). The highest BCUT2D eigenvalue weighted by molar-refractivity contribution is 5.94. The third kappa shape index (κ3) is 2.34. The van der Waals surface area contributed by atoms with Crippen molar-refractivity contribution in [1.82, 2.24) is 5.32 Å². The first kappa shape index (κ1) is 14.2. The molecule has 1 aliphatic rings. The third-order valence-electron chi connectivity index (χ3n) is 3.90. The Kier molecular flexibility index (Phi) is 3.85. The van der Waals surface area contributed by atoms with Crippen LogP contribution >= 0.6 is 0 Å². The van der Waals surface area contributed by atoms with Gasteiger partial charge in [-0.25, -0.2) is 0 Å². The Morgan fingerprint density at radius 1 is 1.09 bits per heavy atom. The SMILES string of the molecule is C=CN1Cc2ccccc2/C(N)=C(/NCN)c2ccccc21. The fraction of sp³-hybridized carbons (Fsp3) is 0.111. The number of hydrogen-bond acceptors (Lipinski definition) is 4. The van der Waals surface area contributed by atoms with Gasteiger partial charge in [-0.1, -0.05) is 49.0 Å². The van der Waals surface area contributed by atoms with E-state index in [0.29, 0.717) is 6.67 Å². The van der Waals surface area contributed by atoms with E-state index in [9.17, 15) is 0 Å². The summed E-state index contributed by atoms with van der Waals surface area (Å²) in [6.07, 6.45) is 1.84. The second kappa shape index (κ2) is 5.95. The molecule has 4 heteroatoms. The monoisotopic (exact) mass is 292 g/mol. The predicted molar refractivity (Wildman–Crippen MR) is 92.5 cm³/mol. The van der Waals surface area contributed by atoms with Crippen LogP contribution in [0.2, 0.25) is 0 Å². The van der Waals surface area contributed by atoms with Crippen molar-refractivity contribution in [2.45, 2.75) is 6.54 Å². The topological polar surface area (TPSA) is 67.3 Å². The summed E-state index contributed by atoms with van der Waals surface area (Å²) in [5, 5.41) is 3.22. The molecule has 0 fully saturated rings. The van der Waals surface area contributed by atoms with Crippen molar-refractivity contribution in [2.75, 3.05) is 11.6 Å². The van der Waals surface area contributed by atoms with Gasteiger partial charge in [-0.3, -0.25) is 0 Å². The Morgan fingerprint density at radius 3 is 2.50 bits per heavy atom. The molecule has 2 aromatic carbocycles. The summed E-state index contributed by atoms with van der Waals surface area (Å²) in [4.78, 5) is 2.12. The molecule has 5 N–H and O–H groups in total. The van der Waals surface area contributed by atoms with Gasteiger partial charge in [0.15, 0.2) is 0 Å². The molecule has 0 saturated heterocycles. The Labute approximate surface area is 130 Å². The zero-order valence-electron chi connectivity index (χ0n) is 12.4. The maximum absolute atomic E-state index is 6.47. The van der Waals surface area contributed by atoms with Crippen LogP contribution in [0.3, 0.4) is 0 Å². The summed E-state index contributed by atoms with van der Waals surface area (Å²) in [7, 11) is 0. The fourth-order valence-electron chi connectivity index (χ4n) is 2.86. The number of hydrogen-bond donors (Lipinski definition) is 3. The van der Waals surface area contributed by atoms with Crippen molar-refractivity contribution in [1.29, 1.82) is 0 Å². The summed E-state index contributed by atoms with van der Waals surface area (Å²) < 4.78 is 0. The lowest BCUT2D eigenvalue weighted by atomic mass is 9.96. The second-order valence-corrected chi connectivity index (χ2v) is 5.15. The third-order valence-corrected chi connectivity index (χ3v) is 3.90. The van der Waals surface area contributed by atoms with Gasteiger partial charge in [0.25, 0.3) is 0 Å². The molecule has 112 valence electrons. The summed E-state index contributed by atoms with van der Waals surface area (Å²) >= 11 is 0. The van der Waals surface area contributed by atoms with Crippen molar-refractivity contribution < 1.29 is 0 Å². The van der Waals surface area contributed by atoms with Crippen LogP contribution in [0.15, 0.2) is 61.3 Å². The summed E-state index contributed by atoms with van der Waals surface area (Å²) in [5.41, 5.74) is 18.0. The highest BCUT2D eigenvalue weighted by Gasteiger charge is 2.20. The molecular formula is C18H20N4. The largest absolute Gasteiger partial charge is 0.397 e. The first-order valence-electron chi connectivity index (χ1n) is 7.27. The van der Waals surface area contributed by atoms with Gasteiger partial charge in [0.2, 0.25) is 0 Å². The van der Waals surface area contributed by atoms with E-state index in [-0.39, 0.29) is 0 Å². The Hall–Kier alpha value is -2.72. The molecule has 0 atom stereocenters. The van der Waals surface area contributed by atoms with E-state index in [1.165, 1.54) is 0 Å². The Bertz CT molecular complexity index is 733. The molecule has 0 aliphatic carbocycles. The first-order chi connectivity index (χ1) is 10.8. The lowest BCUT2D eigenvalue weighted by Crippen LogP contribution is -2.27. The minimum absolute atomic E-state index is 0.320. The van der Waals surface area contributed by atoms with Gasteiger partial charge >= 0.3 is 0 Å². The molecule has 0 spiro atoms. The fourth-order valence-corrected chi connectivity index (χ4v) is 2.86. The summed E-state index contributed by atoms with van der Waals surface area (Å²) in [6, 6.07) is 16.3. The minimum Gasteiger partial charge on any atom is -0.397 e. The van der Waals surface area contributed by atoms with E-state index in [1.54, 1.807) is 0 Å². The number of fused-ring (bicyclic) bond motifs is 2. The minimum atomic E-state index is 0.320. The van der Waals surface area contributed by atoms with Crippen LogP contribution in [-0.2, 0) is 6.54 Å². The second-order valence-electron chi connectivity index (χ2n) is 5.15. The van der Waals surface area contributed by atoms with Gasteiger partial charge in [-0.2, -0.15) is 0 Å². The predicted octanol–water partition coefficient (Wildman–Crippen LogP) is 2.44. The van der Waals surface area contributed by atoms with Crippen LogP contribution in [-0.4, -0.2) is 6.67 Å². The first-order valence-corrected chi connectivity index (χ1v) is 7.27. The van der Waals surface area contributed by atoms with Gasteiger partial charge in [0, 0.05) is 17.7 Å². The van der Waals surface area contributed by atoms with E-state index in [4.69, 9.17) is 11.5 Å². The number of nitrogens with zero attached hydrogens (tertiary/aromatic N) is 1. The molecule has 0 radical (unpaired) electrons. The van der Waals surface area contributed by atoms with E-state index in [1.807, 2.05) is 42.6 Å². The van der Waals surface area contributed by atoms with Crippen LogP contribution < -0.4 is 21.7 Å². The Balaban J connectivity index is 2.32. The molecule has 0 aromatic heterocycles. The highest BCUT2D eigenvalue weighted by Crippen LogP contribution is 2.34. The highest BCUT2D eigenvalue weighted by atomic mass is 15.1. The zero-order chi connectivity index (χ0) is 15.5. The van der Waals surface area contributed by atoms with Gasteiger partial charge in [-0.15, -0.1) is 0 Å². The number of benzene rings is 2. The summed E-state index contributed by atoms with van der Waals surface area (Å²) in [5.74, 6) is 0. The number of rotatable bonds is 3. The van der Waals surface area contributed by atoms with E-state index in [2.05, 4.69) is 28.9 Å². The maximum Gasteiger partial charge on any atom is 0.0684 e. The number of nitrogens with one attached hydrogen (secondary N) is 1. The number of anilines is 1. The van der Waals surface area contributed by atoms with Crippen LogP contribution in [0.4, 0.5) is 5.69 Å². The van der Waals surface area contributed by atoms with Crippen molar-refractivity contribution in [3.05, 3.63) is 78.0 Å². The normalized spacial score (nSPS) is 17.0. The average Bonchev–Trinajstić information content (AvgIpc) is 2.56. The van der Waals surface area contributed by atoms with E-state index >= 15 is 0 Å². The average molecular weight is 292 g/mol. The van der Waals surface area contributed by atoms with Crippen molar-refractivity contribution >= 4 is 17.1 Å². The zero-order valence-corrected chi connectivity index (χ0v) is 12.4. The molecule has 0 bridgehead atoms. The molecular weight excluding hydrogens is 272 g/mol. The lowest BCUT2D eigenvalue weighted by molar-refractivity contribution is 0.892. The molecule has 4 nitrogen and oxygen atoms in total.